The molecular weight excluding hydrogens is 266 g/mol. The fraction of sp³-hybridized carbons (Fsp3) is 0.500. The summed E-state index contributed by atoms with van der Waals surface area (Å²) in [4.78, 5) is 25.6. The molecule has 0 spiro atoms. The molecule has 0 N–H and O–H groups in total. The molecule has 106 valence electrons. The Kier molecular flexibility index (Phi) is 1.42. The minimum atomic E-state index is -0.158. The third-order valence-electron chi connectivity index (χ3n) is 6.69. The quantitative estimate of drug-likeness (QED) is 0.788. The molecule has 21 heavy (non-hydrogen) atoms. The second-order valence-electron chi connectivity index (χ2n) is 7.32. The Morgan fingerprint density at radius 2 is 1.76 bits per heavy atom. The third kappa shape index (κ3) is 0.859. The molecule has 1 aromatic carbocycles. The molecule has 0 unspecified atom stereocenters. The van der Waals surface area contributed by atoms with Crippen LogP contribution in [0.25, 0.3) is 5.69 Å². The van der Waals surface area contributed by atoms with Gasteiger partial charge in [-0.15, -0.1) is 0 Å². The van der Waals surface area contributed by atoms with Gasteiger partial charge in [0.15, 0.2) is 0 Å². The van der Waals surface area contributed by atoms with Gasteiger partial charge >= 0.3 is 11.4 Å². The summed E-state index contributed by atoms with van der Waals surface area (Å²) in [6, 6.07) is 9.79. The average molecular weight is 281 g/mol. The van der Waals surface area contributed by atoms with Crippen molar-refractivity contribution in [1.82, 2.24) is 13.9 Å². The number of para-hydroxylation sites is 1. The smallest absolute Gasteiger partial charge is 0.245 e. The molecular formula is C16H15N3O2. The van der Waals surface area contributed by atoms with Gasteiger partial charge in [-0.05, 0) is 35.8 Å². The zero-order valence-corrected chi connectivity index (χ0v) is 11.6. The number of nitrogens with zero attached hydrogens (tertiary/aromatic N) is 3. The largest absolute Gasteiger partial charge is 0.352 e. The molecule has 6 atom stereocenters. The standard InChI is InChI=1S/C16H15N3O2/c1-16-7-9-10-11(16)12(16)13(10)19-15(21)17(14(20)18(9)19)8-5-3-2-4-6-8/h2-6,9-13H,7H2,1H3/t9-,10+,11+,12+,13-,16-/m1/s1. The molecule has 0 saturated heterocycles. The van der Waals surface area contributed by atoms with E-state index in [0.29, 0.717) is 22.9 Å². The molecule has 1 aromatic heterocycles. The van der Waals surface area contributed by atoms with Crippen molar-refractivity contribution in [3.8, 4) is 5.69 Å². The number of hydrogen-bond donors (Lipinski definition) is 0. The first kappa shape index (κ1) is 10.7. The Bertz CT molecular complexity index is 884. The lowest BCUT2D eigenvalue weighted by atomic mass is 9.74. The topological polar surface area (TPSA) is 48.9 Å². The Morgan fingerprint density at radius 1 is 1.05 bits per heavy atom. The summed E-state index contributed by atoms with van der Waals surface area (Å²) in [7, 11) is 0. The van der Waals surface area contributed by atoms with Gasteiger partial charge in [-0.2, -0.15) is 0 Å². The van der Waals surface area contributed by atoms with Crippen molar-refractivity contribution in [2.75, 3.05) is 0 Å². The number of aromatic nitrogens is 3. The molecule has 5 heteroatoms. The summed E-state index contributed by atoms with van der Waals surface area (Å²) in [6.45, 7) is 2.34. The van der Waals surface area contributed by atoms with Crippen LogP contribution in [0.15, 0.2) is 39.9 Å². The summed E-state index contributed by atoms with van der Waals surface area (Å²) in [6.07, 6.45) is 1.07. The fourth-order valence-corrected chi connectivity index (χ4v) is 5.96. The second-order valence-corrected chi connectivity index (χ2v) is 7.32. The van der Waals surface area contributed by atoms with Crippen LogP contribution in [0.3, 0.4) is 0 Å². The van der Waals surface area contributed by atoms with Crippen LogP contribution in [0.5, 0.6) is 0 Å². The van der Waals surface area contributed by atoms with Crippen molar-refractivity contribution in [2.24, 2.45) is 23.2 Å². The van der Waals surface area contributed by atoms with Crippen molar-refractivity contribution in [3.05, 3.63) is 51.3 Å². The van der Waals surface area contributed by atoms with Crippen LogP contribution >= 0.6 is 0 Å². The molecule has 2 heterocycles. The van der Waals surface area contributed by atoms with Crippen LogP contribution in [0.2, 0.25) is 0 Å². The van der Waals surface area contributed by atoms with Gasteiger partial charge in [0.25, 0.3) is 0 Å². The molecule has 4 aliphatic rings. The SMILES string of the molecule is C[C@]12C[C@@H]3[C@@H]4[C@H]([C@@H]1[C@H]42)n1c(=O)n(-c2ccccc2)c(=O)n13. The van der Waals surface area contributed by atoms with E-state index >= 15 is 0 Å². The van der Waals surface area contributed by atoms with E-state index in [0.717, 1.165) is 12.3 Å². The Morgan fingerprint density at radius 3 is 2.48 bits per heavy atom. The van der Waals surface area contributed by atoms with Gasteiger partial charge in [0.05, 0.1) is 17.8 Å². The molecule has 2 aromatic rings. The maximum atomic E-state index is 12.8. The molecule has 0 amide bonds. The first-order valence-corrected chi connectivity index (χ1v) is 7.66. The van der Waals surface area contributed by atoms with Crippen molar-refractivity contribution in [3.63, 3.8) is 0 Å². The van der Waals surface area contributed by atoms with E-state index in [1.54, 1.807) is 9.36 Å². The second kappa shape index (κ2) is 2.80. The zero-order chi connectivity index (χ0) is 14.1. The van der Waals surface area contributed by atoms with E-state index in [2.05, 4.69) is 6.92 Å². The van der Waals surface area contributed by atoms with Gasteiger partial charge in [0, 0.05) is 5.92 Å². The summed E-state index contributed by atoms with van der Waals surface area (Å²) in [5, 5.41) is 0. The average Bonchev–Trinajstić information content (AvgIpc) is 2.61. The normalized spacial score (nSPS) is 43.4. The molecule has 6 rings (SSSR count). The summed E-state index contributed by atoms with van der Waals surface area (Å²) in [5.74, 6) is 1.95. The van der Waals surface area contributed by atoms with Crippen LogP contribution < -0.4 is 11.4 Å². The highest BCUT2D eigenvalue weighted by Gasteiger charge is 2.86. The number of rotatable bonds is 1. The predicted molar refractivity (Wildman–Crippen MR) is 75.6 cm³/mol. The van der Waals surface area contributed by atoms with Crippen LogP contribution in [0.1, 0.15) is 25.4 Å². The highest BCUT2D eigenvalue weighted by atomic mass is 16.2. The Labute approximate surface area is 120 Å². The molecule has 5 nitrogen and oxygen atoms in total. The number of hydrogen-bond acceptors (Lipinski definition) is 2. The maximum Gasteiger partial charge on any atom is 0.352 e. The molecule has 0 radical (unpaired) electrons. The van der Waals surface area contributed by atoms with Gasteiger partial charge in [-0.25, -0.2) is 23.5 Å². The van der Waals surface area contributed by atoms with E-state index < -0.39 is 0 Å². The minimum Gasteiger partial charge on any atom is -0.245 e. The summed E-state index contributed by atoms with van der Waals surface area (Å²) in [5.41, 5.74) is 0.766. The van der Waals surface area contributed by atoms with Crippen LogP contribution in [0.4, 0.5) is 0 Å². The highest BCUT2D eigenvalue weighted by molar-refractivity contribution is 5.35. The lowest BCUT2D eigenvalue weighted by molar-refractivity contribution is 0.154. The van der Waals surface area contributed by atoms with E-state index in [1.165, 1.54) is 4.57 Å². The number of fused-ring (bicyclic) bond motifs is 5. The third-order valence-corrected chi connectivity index (χ3v) is 6.69. The van der Waals surface area contributed by atoms with Crippen LogP contribution in [-0.4, -0.2) is 13.9 Å². The predicted octanol–water partition coefficient (Wildman–Crippen LogP) is 1.18. The number of benzene rings is 1. The summed E-state index contributed by atoms with van der Waals surface area (Å²) >= 11 is 0. The Hall–Kier alpha value is -2.04. The molecule has 3 saturated carbocycles. The van der Waals surface area contributed by atoms with E-state index in [9.17, 15) is 9.59 Å². The zero-order valence-electron chi connectivity index (χ0n) is 11.6. The van der Waals surface area contributed by atoms with E-state index in [1.807, 2.05) is 30.3 Å². The monoisotopic (exact) mass is 281 g/mol. The van der Waals surface area contributed by atoms with E-state index in [-0.39, 0.29) is 23.5 Å². The van der Waals surface area contributed by atoms with Crippen molar-refractivity contribution in [1.29, 1.82) is 0 Å². The van der Waals surface area contributed by atoms with Crippen molar-refractivity contribution >= 4 is 0 Å². The van der Waals surface area contributed by atoms with Crippen LogP contribution in [-0.2, 0) is 0 Å². The first-order chi connectivity index (χ1) is 10.1. The van der Waals surface area contributed by atoms with E-state index in [4.69, 9.17) is 0 Å². The lowest BCUT2D eigenvalue weighted by Gasteiger charge is -2.32. The fourth-order valence-electron chi connectivity index (χ4n) is 5.96. The summed E-state index contributed by atoms with van der Waals surface area (Å²) < 4.78 is 4.89. The minimum absolute atomic E-state index is 0.154. The molecule has 3 fully saturated rings. The van der Waals surface area contributed by atoms with Gasteiger partial charge in [-0.1, -0.05) is 25.1 Å². The molecule has 1 aliphatic heterocycles. The van der Waals surface area contributed by atoms with Crippen molar-refractivity contribution in [2.45, 2.75) is 25.4 Å². The van der Waals surface area contributed by atoms with Gasteiger partial charge in [-0.3, -0.25) is 0 Å². The highest BCUT2D eigenvalue weighted by Crippen LogP contribution is 2.88. The van der Waals surface area contributed by atoms with Crippen LogP contribution in [0, 0.1) is 23.2 Å². The van der Waals surface area contributed by atoms with Gasteiger partial charge in [0.1, 0.15) is 0 Å². The maximum absolute atomic E-state index is 12.8. The van der Waals surface area contributed by atoms with Crippen molar-refractivity contribution < 1.29 is 0 Å². The van der Waals surface area contributed by atoms with Gasteiger partial charge in [0.2, 0.25) is 0 Å². The molecule has 3 aliphatic carbocycles. The van der Waals surface area contributed by atoms with Gasteiger partial charge < -0.3 is 0 Å². The molecule has 0 bridgehead atoms. The first-order valence-electron chi connectivity index (χ1n) is 7.66. The Balaban J connectivity index is 1.64. The lowest BCUT2D eigenvalue weighted by Crippen LogP contribution is -2.38.